The highest BCUT2D eigenvalue weighted by Crippen LogP contribution is 2.39. The molecule has 0 spiro atoms. The Hall–Kier alpha value is -2.60. The minimum atomic E-state index is 0.0386. The Morgan fingerprint density at radius 2 is 1.88 bits per heavy atom. The van der Waals surface area contributed by atoms with Gasteiger partial charge in [0.25, 0.3) is 0 Å². The number of hydrogen-bond acceptors (Lipinski definition) is 4. The maximum absolute atomic E-state index is 12.6. The highest BCUT2D eigenvalue weighted by molar-refractivity contribution is 5.90. The molecule has 3 heterocycles. The van der Waals surface area contributed by atoms with Gasteiger partial charge in [0.1, 0.15) is 0 Å². The van der Waals surface area contributed by atoms with Crippen LogP contribution in [0.5, 0.6) is 0 Å². The van der Waals surface area contributed by atoms with Crippen LogP contribution in [0, 0.1) is 0 Å². The molecule has 128 valence electrons. The van der Waals surface area contributed by atoms with E-state index in [2.05, 4.69) is 32.2 Å². The first kappa shape index (κ1) is 14.7. The van der Waals surface area contributed by atoms with Crippen molar-refractivity contribution in [3.05, 3.63) is 46.2 Å². The van der Waals surface area contributed by atoms with Crippen LogP contribution in [0.2, 0.25) is 0 Å². The first-order chi connectivity index (χ1) is 12.3. The van der Waals surface area contributed by atoms with Gasteiger partial charge >= 0.3 is 0 Å². The Balaban J connectivity index is 1.51. The summed E-state index contributed by atoms with van der Waals surface area (Å²) in [6, 6.07) is 10.0. The predicted octanol–water partition coefficient (Wildman–Crippen LogP) is 2.63. The molecule has 2 fully saturated rings. The van der Waals surface area contributed by atoms with Crippen LogP contribution in [-0.2, 0) is 4.74 Å². The van der Waals surface area contributed by atoms with Gasteiger partial charge in [-0.15, -0.1) is 0 Å². The van der Waals surface area contributed by atoms with Gasteiger partial charge in [-0.05, 0) is 30.9 Å². The van der Waals surface area contributed by atoms with Crippen molar-refractivity contribution >= 4 is 16.7 Å². The molecule has 0 radical (unpaired) electrons. The highest BCUT2D eigenvalue weighted by Gasteiger charge is 2.26. The maximum Gasteiger partial charge on any atom is 0.193 e. The molecule has 2 aliphatic rings. The average molecular weight is 336 g/mol. The smallest absolute Gasteiger partial charge is 0.193 e. The predicted molar refractivity (Wildman–Crippen MR) is 97.2 cm³/mol. The molecule has 2 aromatic heterocycles. The molecule has 25 heavy (non-hydrogen) atoms. The van der Waals surface area contributed by atoms with E-state index in [4.69, 9.17) is 4.74 Å². The fraction of sp³-hybridized carbons (Fsp3) is 0.368. The van der Waals surface area contributed by atoms with Gasteiger partial charge in [-0.3, -0.25) is 9.89 Å². The van der Waals surface area contributed by atoms with E-state index in [1.165, 1.54) is 5.69 Å². The van der Waals surface area contributed by atoms with Crippen LogP contribution in [0.1, 0.15) is 24.5 Å². The topological polar surface area (TPSA) is 74.0 Å². The molecule has 0 unspecified atom stereocenters. The number of aromatic nitrogens is 3. The monoisotopic (exact) mass is 336 g/mol. The van der Waals surface area contributed by atoms with Gasteiger partial charge in [-0.25, -0.2) is 0 Å². The number of ether oxygens (including phenoxy) is 1. The van der Waals surface area contributed by atoms with E-state index in [1.54, 1.807) is 6.07 Å². The zero-order valence-corrected chi connectivity index (χ0v) is 13.9. The van der Waals surface area contributed by atoms with Gasteiger partial charge in [0, 0.05) is 36.1 Å². The number of anilines is 1. The van der Waals surface area contributed by atoms with Crippen LogP contribution in [0.15, 0.2) is 35.1 Å². The Kier molecular flexibility index (Phi) is 3.38. The van der Waals surface area contributed by atoms with E-state index in [0.29, 0.717) is 17.0 Å². The number of nitrogens with zero attached hydrogens (tertiary/aromatic N) is 2. The maximum atomic E-state index is 12.6. The zero-order valence-electron chi connectivity index (χ0n) is 13.9. The third kappa shape index (κ3) is 2.62. The molecule has 1 saturated carbocycles. The SMILES string of the molecule is O=c1cc(C2CC2)[nH]c2n[nH]c(-c3ccc(N4CCOCC4)cc3)c12. The fourth-order valence-corrected chi connectivity index (χ4v) is 3.54. The first-order valence-electron chi connectivity index (χ1n) is 8.84. The number of rotatable bonds is 3. The number of benzene rings is 1. The Labute approximate surface area is 144 Å². The lowest BCUT2D eigenvalue weighted by Gasteiger charge is -2.28. The lowest BCUT2D eigenvalue weighted by molar-refractivity contribution is 0.122. The summed E-state index contributed by atoms with van der Waals surface area (Å²) in [5.41, 5.74) is 4.65. The van der Waals surface area contributed by atoms with Gasteiger partial charge in [0.15, 0.2) is 11.1 Å². The molecule has 6 nitrogen and oxygen atoms in total. The summed E-state index contributed by atoms with van der Waals surface area (Å²) < 4.78 is 5.40. The minimum Gasteiger partial charge on any atom is -0.378 e. The van der Waals surface area contributed by atoms with Crippen molar-refractivity contribution in [2.24, 2.45) is 0 Å². The van der Waals surface area contributed by atoms with Crippen LogP contribution < -0.4 is 10.3 Å². The Morgan fingerprint density at radius 3 is 2.60 bits per heavy atom. The van der Waals surface area contributed by atoms with Gasteiger partial charge in [0.2, 0.25) is 0 Å². The quantitative estimate of drug-likeness (QED) is 0.771. The lowest BCUT2D eigenvalue weighted by Crippen LogP contribution is -2.36. The summed E-state index contributed by atoms with van der Waals surface area (Å²) in [5, 5.41) is 8.02. The van der Waals surface area contributed by atoms with E-state index < -0.39 is 0 Å². The van der Waals surface area contributed by atoms with E-state index in [0.717, 1.165) is 56.1 Å². The number of nitrogens with one attached hydrogen (secondary N) is 2. The summed E-state index contributed by atoms with van der Waals surface area (Å²) in [4.78, 5) is 18.2. The summed E-state index contributed by atoms with van der Waals surface area (Å²) in [7, 11) is 0. The molecule has 5 rings (SSSR count). The molecular weight excluding hydrogens is 316 g/mol. The molecule has 2 N–H and O–H groups in total. The van der Waals surface area contributed by atoms with Crippen LogP contribution in [-0.4, -0.2) is 41.5 Å². The second kappa shape index (κ2) is 5.74. The van der Waals surface area contributed by atoms with Crippen molar-refractivity contribution in [2.45, 2.75) is 18.8 Å². The van der Waals surface area contributed by atoms with Crippen LogP contribution in [0.25, 0.3) is 22.3 Å². The molecule has 1 saturated heterocycles. The molecule has 6 heteroatoms. The van der Waals surface area contributed by atoms with E-state index >= 15 is 0 Å². The van der Waals surface area contributed by atoms with Gasteiger partial charge in [-0.1, -0.05) is 12.1 Å². The first-order valence-corrected chi connectivity index (χ1v) is 8.84. The second-order valence-corrected chi connectivity index (χ2v) is 6.83. The highest BCUT2D eigenvalue weighted by atomic mass is 16.5. The zero-order chi connectivity index (χ0) is 16.8. The number of H-pyrrole nitrogens is 2. The number of morpholine rings is 1. The molecule has 1 aliphatic carbocycles. The van der Waals surface area contributed by atoms with Gasteiger partial charge in [0.05, 0.1) is 24.3 Å². The summed E-state index contributed by atoms with van der Waals surface area (Å²) >= 11 is 0. The fourth-order valence-electron chi connectivity index (χ4n) is 3.54. The molecular formula is C19H20N4O2. The second-order valence-electron chi connectivity index (χ2n) is 6.83. The van der Waals surface area contributed by atoms with Crippen LogP contribution >= 0.6 is 0 Å². The number of fused-ring (bicyclic) bond motifs is 1. The third-order valence-corrected chi connectivity index (χ3v) is 5.11. The Bertz CT molecular complexity index is 963. The standard InChI is InChI=1S/C19H20N4O2/c24-16-11-15(12-1-2-12)20-19-17(16)18(21-22-19)13-3-5-14(6-4-13)23-7-9-25-10-8-23/h3-6,11-12H,1-2,7-10H2,(H2,20,21,22,24). The molecule has 0 atom stereocenters. The van der Waals surface area contributed by atoms with Crippen LogP contribution in [0.3, 0.4) is 0 Å². The average Bonchev–Trinajstić information content (AvgIpc) is 3.42. The number of hydrogen-bond donors (Lipinski definition) is 2. The van der Waals surface area contributed by atoms with Crippen molar-refractivity contribution in [2.75, 3.05) is 31.2 Å². The van der Waals surface area contributed by atoms with Gasteiger partial charge < -0.3 is 14.6 Å². The van der Waals surface area contributed by atoms with Crippen molar-refractivity contribution in [1.29, 1.82) is 0 Å². The van der Waals surface area contributed by atoms with Crippen LogP contribution in [0.4, 0.5) is 5.69 Å². The summed E-state index contributed by atoms with van der Waals surface area (Å²) in [5.74, 6) is 0.505. The summed E-state index contributed by atoms with van der Waals surface area (Å²) in [6.45, 7) is 3.36. The molecule has 1 aliphatic heterocycles. The lowest BCUT2D eigenvalue weighted by atomic mass is 10.1. The number of aromatic amines is 2. The van der Waals surface area contributed by atoms with Crippen molar-refractivity contribution in [3.8, 4) is 11.3 Å². The van der Waals surface area contributed by atoms with E-state index in [9.17, 15) is 4.79 Å². The third-order valence-electron chi connectivity index (χ3n) is 5.11. The van der Waals surface area contributed by atoms with Crippen molar-refractivity contribution < 1.29 is 4.74 Å². The summed E-state index contributed by atoms with van der Waals surface area (Å²) in [6.07, 6.45) is 2.31. The van der Waals surface area contributed by atoms with E-state index in [1.807, 2.05) is 12.1 Å². The Morgan fingerprint density at radius 1 is 1.12 bits per heavy atom. The largest absolute Gasteiger partial charge is 0.378 e. The number of pyridine rings is 1. The normalized spacial score (nSPS) is 18.0. The van der Waals surface area contributed by atoms with Gasteiger partial charge in [-0.2, -0.15) is 5.10 Å². The van der Waals surface area contributed by atoms with E-state index in [-0.39, 0.29) is 5.43 Å². The van der Waals surface area contributed by atoms with Crippen molar-refractivity contribution in [1.82, 2.24) is 15.2 Å². The molecule has 0 amide bonds. The molecule has 0 bridgehead atoms. The molecule has 3 aromatic rings. The minimum absolute atomic E-state index is 0.0386. The van der Waals surface area contributed by atoms with Crippen molar-refractivity contribution in [3.63, 3.8) is 0 Å². The molecule has 1 aromatic carbocycles.